The maximum absolute atomic E-state index is 14.4. The first kappa shape index (κ1) is 32.8. The molecule has 1 fully saturated rings. The summed E-state index contributed by atoms with van der Waals surface area (Å²) in [5.74, 6) is -1.02. The number of carbonyl (C=O) groups is 2. The second-order valence-corrected chi connectivity index (χ2v) is 13.1. The lowest BCUT2D eigenvalue weighted by molar-refractivity contribution is -0.145. The van der Waals surface area contributed by atoms with Crippen molar-refractivity contribution in [3.05, 3.63) is 42.5 Å². The number of aliphatic hydroxyl groups excluding tert-OH is 1. The fourth-order valence-corrected chi connectivity index (χ4v) is 7.16. The van der Waals surface area contributed by atoms with E-state index in [9.17, 15) is 24.4 Å². The van der Waals surface area contributed by atoms with Crippen molar-refractivity contribution in [2.75, 3.05) is 6.61 Å². The number of aliphatic imine (C=N–C) groups is 2. The number of rotatable bonds is 12. The Kier molecular flexibility index (Phi) is 9.49. The largest absolute Gasteiger partial charge is 0.465 e. The SMILES string of the molecule is CCCCOC(=O)[C@H](C)NP(=O)(Oc1cccc2ccccc12)O[C@H](C)[C@H]1O[C@@H](N2C=NC3C(=O)NC(N)=NC32)[C@](C)(O)[C@@H]1O. The Labute approximate surface area is 260 Å². The van der Waals surface area contributed by atoms with E-state index in [-0.39, 0.29) is 18.3 Å². The molecule has 0 saturated carbocycles. The molecule has 244 valence electrons. The van der Waals surface area contributed by atoms with E-state index < -0.39 is 68.0 Å². The van der Waals surface area contributed by atoms with Crippen LogP contribution in [0.3, 0.4) is 0 Å². The molecule has 2 aromatic carbocycles. The molecule has 3 unspecified atom stereocenters. The van der Waals surface area contributed by atoms with Crippen molar-refractivity contribution in [2.45, 2.75) is 88.9 Å². The molecule has 6 N–H and O–H groups in total. The Hall–Kier alpha value is -3.59. The summed E-state index contributed by atoms with van der Waals surface area (Å²) in [5.41, 5.74) is 3.83. The molecule has 1 saturated heterocycles. The number of aliphatic hydroxyl groups is 2. The number of nitrogens with two attached hydrogens (primary N) is 1. The van der Waals surface area contributed by atoms with Gasteiger partial charge in [-0.3, -0.25) is 24.4 Å². The molecule has 3 aliphatic rings. The molecule has 0 spiro atoms. The Balaban J connectivity index is 1.39. The Morgan fingerprint density at radius 1 is 1.27 bits per heavy atom. The molecular formula is C29H39N6O9P. The smallest absolute Gasteiger partial charge is 0.459 e. The van der Waals surface area contributed by atoms with Gasteiger partial charge in [-0.2, -0.15) is 5.09 Å². The highest BCUT2D eigenvalue weighted by molar-refractivity contribution is 7.52. The molecule has 15 nitrogen and oxygen atoms in total. The van der Waals surface area contributed by atoms with Gasteiger partial charge in [-0.15, -0.1) is 0 Å². The first-order valence-corrected chi connectivity index (χ1v) is 16.3. The number of hydrogen-bond donors (Lipinski definition) is 5. The number of amides is 1. The number of nitrogens with one attached hydrogen (secondary N) is 2. The number of hydrogen-bond acceptors (Lipinski definition) is 13. The monoisotopic (exact) mass is 646 g/mol. The van der Waals surface area contributed by atoms with E-state index >= 15 is 0 Å². The molecule has 5 rings (SSSR count). The zero-order valence-electron chi connectivity index (χ0n) is 25.4. The Bertz CT molecular complexity index is 1530. The molecule has 0 bridgehead atoms. The van der Waals surface area contributed by atoms with Gasteiger partial charge in [0, 0.05) is 5.39 Å². The summed E-state index contributed by atoms with van der Waals surface area (Å²) in [6.07, 6.45) is -3.36. The van der Waals surface area contributed by atoms with E-state index in [0.717, 1.165) is 11.8 Å². The quantitative estimate of drug-likeness (QED) is 0.126. The molecule has 0 aliphatic carbocycles. The fourth-order valence-electron chi connectivity index (χ4n) is 5.44. The third-order valence-electron chi connectivity index (χ3n) is 7.89. The molecule has 0 aromatic heterocycles. The normalized spacial score (nSPS) is 30.3. The average Bonchev–Trinajstić information content (AvgIpc) is 3.50. The summed E-state index contributed by atoms with van der Waals surface area (Å²) in [6.45, 7) is 6.47. The van der Waals surface area contributed by atoms with Gasteiger partial charge in [0.1, 0.15) is 29.6 Å². The maximum atomic E-state index is 14.4. The van der Waals surface area contributed by atoms with Crippen molar-refractivity contribution in [1.82, 2.24) is 15.3 Å². The minimum Gasteiger partial charge on any atom is -0.465 e. The third-order valence-corrected chi connectivity index (χ3v) is 9.64. The first-order chi connectivity index (χ1) is 21.3. The maximum Gasteiger partial charge on any atom is 0.459 e. The molecule has 0 radical (unpaired) electrons. The van der Waals surface area contributed by atoms with Gasteiger partial charge < -0.3 is 34.8 Å². The highest BCUT2D eigenvalue weighted by atomic mass is 31.2. The van der Waals surface area contributed by atoms with Crippen molar-refractivity contribution >= 4 is 42.7 Å². The lowest BCUT2D eigenvalue weighted by atomic mass is 9.94. The van der Waals surface area contributed by atoms with Gasteiger partial charge in [0.15, 0.2) is 24.4 Å². The summed E-state index contributed by atoms with van der Waals surface area (Å²) in [5, 5.41) is 29.2. The van der Waals surface area contributed by atoms with Gasteiger partial charge in [-0.05, 0) is 38.6 Å². The summed E-state index contributed by atoms with van der Waals surface area (Å²) < 4.78 is 37.8. The highest BCUT2D eigenvalue weighted by Crippen LogP contribution is 2.49. The van der Waals surface area contributed by atoms with Crippen LogP contribution >= 0.6 is 7.75 Å². The number of esters is 1. The Morgan fingerprint density at radius 3 is 2.76 bits per heavy atom. The van der Waals surface area contributed by atoms with Crippen LogP contribution in [0.4, 0.5) is 0 Å². The summed E-state index contributed by atoms with van der Waals surface area (Å²) in [6, 6.07) is 10.5. The highest BCUT2D eigenvalue weighted by Gasteiger charge is 2.59. The lowest BCUT2D eigenvalue weighted by Crippen LogP contribution is -2.59. The van der Waals surface area contributed by atoms with Crippen LogP contribution < -0.4 is 20.7 Å². The number of unbranched alkanes of at least 4 members (excludes halogenated alkanes) is 1. The topological polar surface area (TPSA) is 207 Å². The van der Waals surface area contributed by atoms with Crippen molar-refractivity contribution < 1.29 is 42.9 Å². The van der Waals surface area contributed by atoms with Gasteiger partial charge in [0.05, 0.1) is 19.0 Å². The van der Waals surface area contributed by atoms with Crippen LogP contribution in [0.15, 0.2) is 52.4 Å². The summed E-state index contributed by atoms with van der Waals surface area (Å²) in [4.78, 5) is 34.9. The van der Waals surface area contributed by atoms with Crippen molar-refractivity contribution in [3.8, 4) is 5.75 Å². The summed E-state index contributed by atoms with van der Waals surface area (Å²) in [7, 11) is -4.41. The first-order valence-electron chi connectivity index (χ1n) is 14.8. The van der Waals surface area contributed by atoms with Crippen LogP contribution in [0.5, 0.6) is 5.75 Å². The van der Waals surface area contributed by atoms with Crippen molar-refractivity contribution in [1.29, 1.82) is 0 Å². The second-order valence-electron chi connectivity index (χ2n) is 11.4. The van der Waals surface area contributed by atoms with Crippen LogP contribution in [0, 0.1) is 0 Å². The number of nitrogens with zero attached hydrogens (tertiary/aromatic N) is 3. The summed E-state index contributed by atoms with van der Waals surface area (Å²) >= 11 is 0. The van der Waals surface area contributed by atoms with Crippen molar-refractivity contribution in [2.24, 2.45) is 15.7 Å². The van der Waals surface area contributed by atoms with E-state index in [1.807, 2.05) is 25.1 Å². The third kappa shape index (κ3) is 6.69. The van der Waals surface area contributed by atoms with E-state index in [2.05, 4.69) is 20.4 Å². The minimum atomic E-state index is -4.41. The standard InChI is InChI=1S/C29H39N6O9P/c1-5-6-14-41-26(38)16(2)34-45(40,44-20-13-9-11-18-10-7-8-12-19(18)20)43-17(3)22-23(36)29(4,39)27(42-22)35-15-31-21-24(35)32-28(30)33-25(21)37/h7-13,15-17,21-24,27,36,39H,5-6,14H2,1-4H3,(H,34,40)(H3,30,32,33,37)/t16-,17+,21?,22+,23+,24?,27+,29+,45?/m0/s1. The minimum absolute atomic E-state index is 0.122. The number of fused-ring (bicyclic) bond motifs is 2. The average molecular weight is 647 g/mol. The Morgan fingerprint density at radius 2 is 2.00 bits per heavy atom. The van der Waals surface area contributed by atoms with Gasteiger partial charge in [0.2, 0.25) is 0 Å². The van der Waals surface area contributed by atoms with Crippen LogP contribution in [-0.4, -0.2) is 94.3 Å². The molecule has 3 aliphatic heterocycles. The molecule has 1 amide bonds. The zero-order valence-corrected chi connectivity index (χ0v) is 26.3. The predicted octanol–water partition coefficient (Wildman–Crippen LogP) is 1.37. The van der Waals surface area contributed by atoms with Crippen LogP contribution in [0.1, 0.15) is 40.5 Å². The van der Waals surface area contributed by atoms with E-state index in [4.69, 9.17) is 24.3 Å². The van der Waals surface area contributed by atoms with E-state index in [1.54, 1.807) is 24.3 Å². The molecular weight excluding hydrogens is 607 g/mol. The number of ether oxygens (including phenoxy) is 2. The van der Waals surface area contributed by atoms with Crippen LogP contribution in [0.2, 0.25) is 0 Å². The van der Waals surface area contributed by atoms with E-state index in [0.29, 0.717) is 11.8 Å². The van der Waals surface area contributed by atoms with Crippen LogP contribution in [0.25, 0.3) is 10.8 Å². The fraction of sp³-hybridized carbons (Fsp3) is 0.517. The number of carbonyl (C=O) groups excluding carboxylic acids is 2. The molecule has 2 aromatic rings. The van der Waals surface area contributed by atoms with Gasteiger partial charge in [-0.1, -0.05) is 49.7 Å². The molecule has 45 heavy (non-hydrogen) atoms. The van der Waals surface area contributed by atoms with Crippen LogP contribution in [-0.2, 0) is 28.2 Å². The van der Waals surface area contributed by atoms with Gasteiger partial charge in [0.25, 0.3) is 5.91 Å². The lowest BCUT2D eigenvalue weighted by Gasteiger charge is -2.36. The predicted molar refractivity (Wildman–Crippen MR) is 164 cm³/mol. The van der Waals surface area contributed by atoms with E-state index in [1.165, 1.54) is 32.0 Å². The molecule has 3 heterocycles. The van der Waals surface area contributed by atoms with Crippen molar-refractivity contribution in [3.63, 3.8) is 0 Å². The molecule has 9 atom stereocenters. The number of benzene rings is 2. The second kappa shape index (κ2) is 13.0. The van der Waals surface area contributed by atoms with Gasteiger partial charge in [-0.25, -0.2) is 9.56 Å². The number of guanidine groups is 1. The van der Waals surface area contributed by atoms with Gasteiger partial charge >= 0.3 is 13.7 Å². The zero-order chi connectivity index (χ0) is 32.5. The molecule has 16 heteroatoms.